The maximum Gasteiger partial charge on any atom is 0.319 e. The first kappa shape index (κ1) is 19.7. The van der Waals surface area contributed by atoms with Gasteiger partial charge in [0.2, 0.25) is 11.8 Å². The number of ether oxygens (including phenoxy) is 1. The van der Waals surface area contributed by atoms with Gasteiger partial charge >= 0.3 is 6.03 Å². The van der Waals surface area contributed by atoms with Crippen LogP contribution in [0.15, 0.2) is 18.2 Å². The second-order valence-corrected chi connectivity index (χ2v) is 5.30. The van der Waals surface area contributed by atoms with Crippen molar-refractivity contribution in [3.8, 4) is 0 Å². The molecule has 0 unspecified atom stereocenters. The fraction of sp³-hybridized carbons (Fsp3) is 0.400. The van der Waals surface area contributed by atoms with Crippen molar-refractivity contribution in [3.63, 3.8) is 0 Å². The number of anilines is 2. The van der Waals surface area contributed by atoms with Crippen LogP contribution >= 0.6 is 11.6 Å². The first-order valence-electron chi connectivity index (χ1n) is 7.31. The van der Waals surface area contributed by atoms with Crippen molar-refractivity contribution in [1.82, 2.24) is 10.6 Å². The molecule has 0 aromatic heterocycles. The Labute approximate surface area is 145 Å². The lowest BCUT2D eigenvalue weighted by Gasteiger charge is -2.15. The monoisotopic (exact) mass is 356 g/mol. The molecule has 0 saturated carbocycles. The quantitative estimate of drug-likeness (QED) is 0.594. The molecule has 0 heterocycles. The Kier molecular flexibility index (Phi) is 8.00. The molecule has 1 atom stereocenters. The zero-order valence-electron chi connectivity index (χ0n) is 13.7. The molecule has 132 valence electrons. The number of nitrogens with one attached hydrogen (secondary N) is 4. The number of hydrogen-bond acceptors (Lipinski definition) is 4. The molecule has 0 bridgehead atoms. The molecule has 0 saturated heterocycles. The van der Waals surface area contributed by atoms with Gasteiger partial charge in [-0.3, -0.25) is 9.59 Å². The Balaban J connectivity index is 2.70. The van der Waals surface area contributed by atoms with Crippen molar-refractivity contribution in [1.29, 1.82) is 0 Å². The summed E-state index contributed by atoms with van der Waals surface area (Å²) in [6.45, 7) is 3.73. The lowest BCUT2D eigenvalue weighted by Crippen LogP contribution is -2.46. The SMILES string of the molecule is CCNC(=O)[C@H](C)NC(=O)Nc1cc(NC(=O)COC)ccc1Cl. The van der Waals surface area contributed by atoms with E-state index in [2.05, 4.69) is 21.3 Å². The Morgan fingerprint density at radius 2 is 1.96 bits per heavy atom. The van der Waals surface area contributed by atoms with Crippen molar-refractivity contribution in [2.24, 2.45) is 0 Å². The Hall–Kier alpha value is -2.32. The third-order valence-electron chi connectivity index (χ3n) is 2.87. The van der Waals surface area contributed by atoms with Gasteiger partial charge in [0.25, 0.3) is 0 Å². The molecule has 9 heteroatoms. The second-order valence-electron chi connectivity index (χ2n) is 4.89. The van der Waals surface area contributed by atoms with E-state index < -0.39 is 12.1 Å². The zero-order valence-corrected chi connectivity index (χ0v) is 14.5. The first-order valence-corrected chi connectivity index (χ1v) is 7.68. The van der Waals surface area contributed by atoms with E-state index in [-0.39, 0.29) is 18.4 Å². The number of carbonyl (C=O) groups excluding carboxylic acids is 3. The van der Waals surface area contributed by atoms with Crippen LogP contribution in [0.2, 0.25) is 5.02 Å². The standard InChI is InChI=1S/C15H21ClN4O4/c1-4-17-14(22)9(2)18-15(23)20-12-7-10(5-6-11(12)16)19-13(21)8-24-3/h5-7,9H,4,8H2,1-3H3,(H,17,22)(H,19,21)(H2,18,20,23)/t9-/m0/s1. The number of rotatable bonds is 7. The number of halogens is 1. The molecule has 8 nitrogen and oxygen atoms in total. The minimum absolute atomic E-state index is 0.0874. The Bertz CT molecular complexity index is 609. The van der Waals surface area contributed by atoms with E-state index in [0.29, 0.717) is 22.9 Å². The number of amides is 4. The van der Waals surface area contributed by atoms with E-state index in [1.54, 1.807) is 19.9 Å². The lowest BCUT2D eigenvalue weighted by molar-refractivity contribution is -0.122. The summed E-state index contributed by atoms with van der Waals surface area (Å²) in [6, 6.07) is 3.35. The molecule has 1 rings (SSSR count). The summed E-state index contributed by atoms with van der Waals surface area (Å²) in [7, 11) is 1.41. The second kappa shape index (κ2) is 9.74. The average Bonchev–Trinajstić information content (AvgIpc) is 2.51. The van der Waals surface area contributed by atoms with Gasteiger partial charge < -0.3 is 26.0 Å². The first-order chi connectivity index (χ1) is 11.4. The number of hydrogen-bond donors (Lipinski definition) is 4. The normalized spacial score (nSPS) is 11.3. The van der Waals surface area contributed by atoms with Crippen LogP contribution in [0, 0.1) is 0 Å². The van der Waals surface area contributed by atoms with Gasteiger partial charge in [-0.25, -0.2) is 4.79 Å². The van der Waals surface area contributed by atoms with E-state index in [4.69, 9.17) is 16.3 Å². The van der Waals surface area contributed by atoms with Gasteiger partial charge in [0.15, 0.2) is 0 Å². The van der Waals surface area contributed by atoms with Gasteiger partial charge in [0, 0.05) is 19.3 Å². The van der Waals surface area contributed by atoms with Crippen LogP contribution in [0.3, 0.4) is 0 Å². The highest BCUT2D eigenvalue weighted by Gasteiger charge is 2.15. The molecule has 4 amide bonds. The number of carbonyl (C=O) groups is 3. The molecule has 0 radical (unpaired) electrons. The van der Waals surface area contributed by atoms with Gasteiger partial charge in [0.1, 0.15) is 12.6 Å². The van der Waals surface area contributed by atoms with Crippen LogP contribution < -0.4 is 21.3 Å². The summed E-state index contributed by atoms with van der Waals surface area (Å²) in [5.74, 6) is -0.626. The zero-order chi connectivity index (χ0) is 18.1. The minimum atomic E-state index is -0.701. The highest BCUT2D eigenvalue weighted by Crippen LogP contribution is 2.25. The summed E-state index contributed by atoms with van der Waals surface area (Å²) < 4.78 is 4.72. The van der Waals surface area contributed by atoms with Gasteiger partial charge in [-0.05, 0) is 32.0 Å². The van der Waals surface area contributed by atoms with E-state index >= 15 is 0 Å². The third kappa shape index (κ3) is 6.43. The van der Waals surface area contributed by atoms with Gasteiger partial charge in [0.05, 0.1) is 10.7 Å². The molecule has 0 aliphatic heterocycles. The Morgan fingerprint density at radius 3 is 2.58 bits per heavy atom. The van der Waals surface area contributed by atoms with Crippen LogP contribution in [-0.2, 0) is 14.3 Å². The maximum atomic E-state index is 12.0. The minimum Gasteiger partial charge on any atom is -0.375 e. The Morgan fingerprint density at radius 1 is 1.25 bits per heavy atom. The highest BCUT2D eigenvalue weighted by molar-refractivity contribution is 6.33. The lowest BCUT2D eigenvalue weighted by atomic mass is 10.2. The number of benzene rings is 1. The fourth-order valence-electron chi connectivity index (χ4n) is 1.77. The van der Waals surface area contributed by atoms with Crippen LogP contribution in [0.25, 0.3) is 0 Å². The molecular weight excluding hydrogens is 336 g/mol. The predicted molar refractivity (Wildman–Crippen MR) is 92.3 cm³/mol. The van der Waals surface area contributed by atoms with E-state index in [9.17, 15) is 14.4 Å². The molecule has 1 aromatic rings. The summed E-state index contributed by atoms with van der Waals surface area (Å²) in [5.41, 5.74) is 0.751. The largest absolute Gasteiger partial charge is 0.375 e. The predicted octanol–water partition coefficient (Wildman–Crippen LogP) is 1.57. The number of likely N-dealkylation sites (N-methyl/N-ethyl adjacent to an activating group) is 1. The van der Waals surface area contributed by atoms with Gasteiger partial charge in [-0.1, -0.05) is 11.6 Å². The molecule has 0 fully saturated rings. The molecule has 4 N–H and O–H groups in total. The highest BCUT2D eigenvalue weighted by atomic mass is 35.5. The molecule has 0 aliphatic rings. The number of urea groups is 1. The van der Waals surface area contributed by atoms with E-state index in [1.807, 2.05) is 0 Å². The maximum absolute atomic E-state index is 12.0. The van der Waals surface area contributed by atoms with E-state index in [0.717, 1.165) is 0 Å². The molecular formula is C15H21ClN4O4. The average molecular weight is 357 g/mol. The summed E-state index contributed by atoms with van der Waals surface area (Å²) in [4.78, 5) is 35.0. The molecule has 0 spiro atoms. The fourth-order valence-corrected chi connectivity index (χ4v) is 1.94. The van der Waals surface area contributed by atoms with Crippen molar-refractivity contribution in [3.05, 3.63) is 23.2 Å². The molecule has 1 aromatic carbocycles. The summed E-state index contributed by atoms with van der Waals surface area (Å²) in [5, 5.41) is 10.5. The van der Waals surface area contributed by atoms with Crippen molar-refractivity contribution in [2.75, 3.05) is 30.9 Å². The molecule has 24 heavy (non-hydrogen) atoms. The summed E-state index contributed by atoms with van der Waals surface area (Å²) >= 11 is 6.03. The molecule has 0 aliphatic carbocycles. The van der Waals surface area contributed by atoms with Crippen molar-refractivity contribution < 1.29 is 19.1 Å². The van der Waals surface area contributed by atoms with Crippen LogP contribution in [0.4, 0.5) is 16.2 Å². The van der Waals surface area contributed by atoms with E-state index in [1.165, 1.54) is 19.2 Å². The van der Waals surface area contributed by atoms with Crippen LogP contribution in [0.5, 0.6) is 0 Å². The van der Waals surface area contributed by atoms with Crippen molar-refractivity contribution >= 4 is 40.8 Å². The van der Waals surface area contributed by atoms with Crippen LogP contribution in [0.1, 0.15) is 13.8 Å². The summed E-state index contributed by atoms with van der Waals surface area (Å²) in [6.07, 6.45) is 0. The smallest absolute Gasteiger partial charge is 0.319 e. The topological polar surface area (TPSA) is 109 Å². The number of methoxy groups -OCH3 is 1. The third-order valence-corrected chi connectivity index (χ3v) is 3.20. The van der Waals surface area contributed by atoms with Gasteiger partial charge in [-0.15, -0.1) is 0 Å². The van der Waals surface area contributed by atoms with Crippen molar-refractivity contribution in [2.45, 2.75) is 19.9 Å². The van der Waals surface area contributed by atoms with Crippen LogP contribution in [-0.4, -0.2) is 44.1 Å². The van der Waals surface area contributed by atoms with Gasteiger partial charge in [-0.2, -0.15) is 0 Å².